The molecule has 0 amide bonds. The molecule has 1 aromatic carbocycles. The Morgan fingerprint density at radius 3 is 2.50 bits per heavy atom. The average molecular weight is 299 g/mol. The molecule has 0 aliphatic carbocycles. The van der Waals surface area contributed by atoms with Gasteiger partial charge < -0.3 is 4.74 Å². The van der Waals surface area contributed by atoms with E-state index in [4.69, 9.17) is 16.3 Å². The van der Waals surface area contributed by atoms with Crippen molar-refractivity contribution in [3.8, 4) is 10.4 Å². The number of halogens is 1. The highest BCUT2D eigenvalue weighted by atomic mass is 35.5. The molecule has 1 saturated heterocycles. The number of rotatable bonds is 1. The van der Waals surface area contributed by atoms with Crippen molar-refractivity contribution < 1.29 is 4.74 Å². The number of nitrogens with zero attached hydrogens (tertiary/aromatic N) is 1. The summed E-state index contributed by atoms with van der Waals surface area (Å²) in [6.45, 7) is 3.65. The molecular weight excluding hydrogens is 286 g/mol. The minimum Gasteiger partial charge on any atom is -0.368 e. The van der Waals surface area contributed by atoms with E-state index in [2.05, 4.69) is 22.8 Å². The number of benzene rings is 1. The normalized spacial score (nSPS) is 15.9. The lowest BCUT2D eigenvalue weighted by molar-refractivity contribution is 0.0971. The predicted molar refractivity (Wildman–Crippen MR) is 78.5 cm³/mol. The van der Waals surface area contributed by atoms with E-state index in [1.165, 1.54) is 15.1 Å². The molecule has 1 aliphatic rings. The first-order chi connectivity index (χ1) is 8.83. The lowest BCUT2D eigenvalue weighted by atomic mass is 10.2. The SMILES string of the molecule is Clc1ccc(-c2cc(=[N+]3CCOCC3)ss2)cc1. The summed E-state index contributed by atoms with van der Waals surface area (Å²) < 4.78 is 9.11. The molecular formula is C13H13ClNOS2+. The molecule has 5 heteroatoms. The van der Waals surface area contributed by atoms with Gasteiger partial charge in [-0.05, 0) is 28.0 Å². The van der Waals surface area contributed by atoms with Crippen LogP contribution in [0.4, 0.5) is 0 Å². The zero-order chi connectivity index (χ0) is 12.4. The summed E-state index contributed by atoms with van der Waals surface area (Å²) in [5, 5.41) is 0.785. The van der Waals surface area contributed by atoms with Gasteiger partial charge in [-0.15, -0.1) is 0 Å². The molecule has 2 aromatic rings. The quantitative estimate of drug-likeness (QED) is 0.582. The van der Waals surface area contributed by atoms with Gasteiger partial charge in [-0.25, -0.2) is 4.58 Å². The van der Waals surface area contributed by atoms with Gasteiger partial charge in [-0.1, -0.05) is 34.1 Å². The van der Waals surface area contributed by atoms with Crippen molar-refractivity contribution >= 4 is 32.3 Å². The summed E-state index contributed by atoms with van der Waals surface area (Å²) in [4.78, 5) is 1.30. The number of morpholine rings is 1. The van der Waals surface area contributed by atoms with Gasteiger partial charge in [0.2, 0.25) is 0 Å². The molecule has 1 fully saturated rings. The first kappa shape index (κ1) is 12.4. The summed E-state index contributed by atoms with van der Waals surface area (Å²) in [7, 11) is 3.65. The fourth-order valence-corrected chi connectivity index (χ4v) is 4.56. The van der Waals surface area contributed by atoms with Crippen LogP contribution in [0.15, 0.2) is 30.3 Å². The molecule has 0 N–H and O–H groups in total. The maximum Gasteiger partial charge on any atom is 0.267 e. The molecule has 94 valence electrons. The molecule has 18 heavy (non-hydrogen) atoms. The molecule has 2 heterocycles. The second kappa shape index (κ2) is 5.53. The Hall–Kier alpha value is -0.680. The van der Waals surface area contributed by atoms with Crippen molar-refractivity contribution in [3.05, 3.63) is 40.0 Å². The summed E-state index contributed by atoms with van der Waals surface area (Å²) >= 11 is 5.91. The van der Waals surface area contributed by atoms with Crippen LogP contribution in [0.5, 0.6) is 0 Å². The zero-order valence-corrected chi connectivity index (χ0v) is 12.2. The largest absolute Gasteiger partial charge is 0.368 e. The minimum atomic E-state index is 0.785. The Balaban J connectivity index is 1.96. The third-order valence-corrected chi connectivity index (χ3v) is 5.64. The summed E-state index contributed by atoms with van der Waals surface area (Å²) in [6.07, 6.45) is 0. The minimum absolute atomic E-state index is 0.785. The smallest absolute Gasteiger partial charge is 0.267 e. The maximum atomic E-state index is 5.91. The van der Waals surface area contributed by atoms with Crippen molar-refractivity contribution in [1.82, 2.24) is 4.58 Å². The van der Waals surface area contributed by atoms with Gasteiger partial charge in [-0.2, -0.15) is 0 Å². The fourth-order valence-electron chi connectivity index (χ4n) is 1.92. The van der Waals surface area contributed by atoms with Gasteiger partial charge in [0, 0.05) is 11.1 Å². The number of hydrogen-bond acceptors (Lipinski definition) is 3. The lowest BCUT2D eigenvalue weighted by Crippen LogP contribution is -2.38. The lowest BCUT2D eigenvalue weighted by Gasteiger charge is -2.09. The van der Waals surface area contributed by atoms with Crippen LogP contribution in [-0.2, 0) is 4.74 Å². The van der Waals surface area contributed by atoms with E-state index in [-0.39, 0.29) is 0 Å². The topological polar surface area (TPSA) is 12.2 Å². The van der Waals surface area contributed by atoms with Crippen LogP contribution in [0.3, 0.4) is 0 Å². The number of hydrogen-bond donors (Lipinski definition) is 0. The maximum absolute atomic E-state index is 5.91. The second-order valence-electron chi connectivity index (χ2n) is 4.12. The fraction of sp³-hybridized carbons (Fsp3) is 0.308. The van der Waals surface area contributed by atoms with E-state index in [0.29, 0.717) is 0 Å². The van der Waals surface area contributed by atoms with Crippen LogP contribution >= 0.6 is 32.3 Å². The Labute approximate surface area is 118 Å². The zero-order valence-electron chi connectivity index (χ0n) is 9.77. The third kappa shape index (κ3) is 2.67. The molecule has 1 aromatic heterocycles. The van der Waals surface area contributed by atoms with E-state index in [9.17, 15) is 0 Å². The van der Waals surface area contributed by atoms with E-state index >= 15 is 0 Å². The van der Waals surface area contributed by atoms with Crippen LogP contribution in [0.1, 0.15) is 0 Å². The van der Waals surface area contributed by atoms with E-state index < -0.39 is 0 Å². The highest BCUT2D eigenvalue weighted by Crippen LogP contribution is 2.26. The highest BCUT2D eigenvalue weighted by Gasteiger charge is 2.14. The molecule has 3 rings (SSSR count). The average Bonchev–Trinajstić information content (AvgIpc) is 2.90. The Kier molecular flexibility index (Phi) is 3.80. The van der Waals surface area contributed by atoms with Crippen molar-refractivity contribution in [2.75, 3.05) is 26.3 Å². The standard InChI is InChI=1S/C13H13ClNOS2/c14-11-3-1-10(2-4-11)12-9-13(18-17-12)15-5-7-16-8-6-15/h1-4,9H,5-8H2/q+1. The first-order valence-electron chi connectivity index (χ1n) is 5.85. The third-order valence-electron chi connectivity index (χ3n) is 2.92. The van der Waals surface area contributed by atoms with Crippen molar-refractivity contribution in [2.45, 2.75) is 0 Å². The van der Waals surface area contributed by atoms with Crippen molar-refractivity contribution in [2.24, 2.45) is 0 Å². The van der Waals surface area contributed by atoms with Gasteiger partial charge in [-0.3, -0.25) is 0 Å². The molecule has 0 atom stereocenters. The van der Waals surface area contributed by atoms with E-state index in [1.807, 2.05) is 32.8 Å². The van der Waals surface area contributed by atoms with Crippen molar-refractivity contribution in [1.29, 1.82) is 0 Å². The first-order valence-corrected chi connectivity index (χ1v) is 8.37. The van der Waals surface area contributed by atoms with Gasteiger partial charge in [0.15, 0.2) is 13.1 Å². The van der Waals surface area contributed by atoms with E-state index in [0.717, 1.165) is 31.3 Å². The van der Waals surface area contributed by atoms with Gasteiger partial charge in [0.05, 0.1) is 4.88 Å². The second-order valence-corrected chi connectivity index (χ2v) is 6.75. The van der Waals surface area contributed by atoms with Crippen molar-refractivity contribution in [3.63, 3.8) is 0 Å². The van der Waals surface area contributed by atoms with E-state index in [1.54, 1.807) is 0 Å². The summed E-state index contributed by atoms with van der Waals surface area (Å²) in [5.41, 5.74) is 1.24. The van der Waals surface area contributed by atoms with Crippen LogP contribution in [0.25, 0.3) is 10.4 Å². The van der Waals surface area contributed by atoms with Crippen LogP contribution in [0, 0.1) is 0 Å². The molecule has 0 saturated carbocycles. The summed E-state index contributed by atoms with van der Waals surface area (Å²) in [6, 6.07) is 10.3. The Bertz CT molecular complexity index is 592. The van der Waals surface area contributed by atoms with Gasteiger partial charge in [0.1, 0.15) is 13.2 Å². The van der Waals surface area contributed by atoms with Gasteiger partial charge >= 0.3 is 0 Å². The molecule has 0 spiro atoms. The summed E-state index contributed by atoms with van der Waals surface area (Å²) in [5.74, 6) is 0. The highest BCUT2D eigenvalue weighted by molar-refractivity contribution is 7.69. The van der Waals surface area contributed by atoms with Crippen LogP contribution in [0.2, 0.25) is 5.02 Å². The molecule has 2 nitrogen and oxygen atoms in total. The molecule has 0 bridgehead atoms. The molecule has 1 aliphatic heterocycles. The van der Waals surface area contributed by atoms with Crippen LogP contribution in [-0.4, -0.2) is 26.3 Å². The monoisotopic (exact) mass is 298 g/mol. The Morgan fingerprint density at radius 1 is 1.06 bits per heavy atom. The number of ether oxygens (including phenoxy) is 1. The molecule has 0 radical (unpaired) electrons. The van der Waals surface area contributed by atoms with Crippen LogP contribution < -0.4 is 9.25 Å². The van der Waals surface area contributed by atoms with Gasteiger partial charge in [0.25, 0.3) is 4.67 Å². The Morgan fingerprint density at radius 2 is 1.78 bits per heavy atom. The predicted octanol–water partition coefficient (Wildman–Crippen LogP) is 2.93. The molecule has 0 unspecified atom stereocenters.